The van der Waals surface area contributed by atoms with Gasteiger partial charge in [0.25, 0.3) is 0 Å². The Balaban J connectivity index is 2.16. The van der Waals surface area contributed by atoms with Gasteiger partial charge in [0, 0.05) is 6.08 Å². The van der Waals surface area contributed by atoms with Crippen molar-refractivity contribution in [2.75, 3.05) is 0 Å². The van der Waals surface area contributed by atoms with Crippen molar-refractivity contribution in [1.82, 2.24) is 0 Å². The molecule has 0 amide bonds. The molecule has 4 heteroatoms. The third kappa shape index (κ3) is 3.42. The van der Waals surface area contributed by atoms with E-state index in [1.54, 1.807) is 36.4 Å². The quantitative estimate of drug-likeness (QED) is 0.671. The van der Waals surface area contributed by atoms with Crippen LogP contribution in [-0.2, 0) is 4.79 Å². The van der Waals surface area contributed by atoms with Crippen LogP contribution in [0.15, 0.2) is 59.0 Å². The van der Waals surface area contributed by atoms with Gasteiger partial charge in [-0.15, -0.1) is 0 Å². The summed E-state index contributed by atoms with van der Waals surface area (Å²) in [4.78, 5) is 10.3. The highest BCUT2D eigenvalue weighted by molar-refractivity contribution is 5.80. The van der Waals surface area contributed by atoms with Crippen LogP contribution in [0.25, 0.3) is 17.4 Å². The Labute approximate surface area is 109 Å². The van der Waals surface area contributed by atoms with E-state index in [4.69, 9.17) is 9.52 Å². The van der Waals surface area contributed by atoms with Crippen molar-refractivity contribution in [2.45, 2.75) is 0 Å². The molecule has 0 aliphatic heterocycles. The van der Waals surface area contributed by atoms with E-state index in [1.807, 2.05) is 0 Å². The number of aliphatic carboxylic acids is 1. The SMILES string of the molecule is O=C(O)C=CC=Cc1ccc(-c2ccccc2F)o1. The largest absolute Gasteiger partial charge is 0.478 e. The van der Waals surface area contributed by atoms with Gasteiger partial charge in [0.2, 0.25) is 0 Å². The van der Waals surface area contributed by atoms with Gasteiger partial charge in [0.15, 0.2) is 0 Å². The highest BCUT2D eigenvalue weighted by atomic mass is 19.1. The lowest BCUT2D eigenvalue weighted by Crippen LogP contribution is -1.84. The maximum Gasteiger partial charge on any atom is 0.328 e. The van der Waals surface area contributed by atoms with E-state index in [-0.39, 0.29) is 5.82 Å². The normalized spacial score (nSPS) is 11.4. The zero-order valence-electron chi connectivity index (χ0n) is 9.92. The number of carboxylic acids is 1. The Morgan fingerprint density at radius 1 is 1.16 bits per heavy atom. The van der Waals surface area contributed by atoms with Gasteiger partial charge in [-0.3, -0.25) is 0 Å². The number of carbonyl (C=O) groups is 1. The summed E-state index contributed by atoms with van der Waals surface area (Å²) < 4.78 is 19.0. The molecule has 1 aromatic heterocycles. The Hall–Kier alpha value is -2.62. The number of benzene rings is 1. The van der Waals surface area contributed by atoms with Crippen molar-refractivity contribution in [3.8, 4) is 11.3 Å². The second-order valence-corrected chi connectivity index (χ2v) is 3.74. The van der Waals surface area contributed by atoms with Crippen LogP contribution in [-0.4, -0.2) is 11.1 Å². The van der Waals surface area contributed by atoms with Gasteiger partial charge in [0.05, 0.1) is 5.56 Å². The van der Waals surface area contributed by atoms with Gasteiger partial charge < -0.3 is 9.52 Å². The van der Waals surface area contributed by atoms with E-state index >= 15 is 0 Å². The molecule has 0 bridgehead atoms. The summed E-state index contributed by atoms with van der Waals surface area (Å²) in [5.74, 6) is -0.414. The topological polar surface area (TPSA) is 50.4 Å². The zero-order chi connectivity index (χ0) is 13.7. The highest BCUT2D eigenvalue weighted by Gasteiger charge is 2.07. The van der Waals surface area contributed by atoms with Crippen molar-refractivity contribution in [3.05, 3.63) is 66.2 Å². The molecular weight excluding hydrogens is 247 g/mol. The Morgan fingerprint density at radius 3 is 2.68 bits per heavy atom. The number of hydrogen-bond acceptors (Lipinski definition) is 2. The second kappa shape index (κ2) is 5.82. The van der Waals surface area contributed by atoms with E-state index in [0.717, 1.165) is 6.08 Å². The molecule has 0 spiro atoms. The second-order valence-electron chi connectivity index (χ2n) is 3.74. The lowest BCUT2D eigenvalue weighted by atomic mass is 10.1. The number of halogens is 1. The number of allylic oxidation sites excluding steroid dienone is 2. The molecule has 0 unspecified atom stereocenters. The Kier molecular flexibility index (Phi) is 3.93. The fraction of sp³-hybridized carbons (Fsp3) is 0. The fourth-order valence-electron chi connectivity index (χ4n) is 1.54. The summed E-state index contributed by atoms with van der Waals surface area (Å²) in [6.07, 6.45) is 5.53. The molecule has 0 atom stereocenters. The summed E-state index contributed by atoms with van der Waals surface area (Å²) in [6, 6.07) is 9.69. The van der Waals surface area contributed by atoms with Gasteiger partial charge >= 0.3 is 5.97 Å². The number of furan rings is 1. The van der Waals surface area contributed by atoms with Gasteiger partial charge in [-0.2, -0.15) is 0 Å². The molecular formula is C15H11FO3. The monoisotopic (exact) mass is 258 g/mol. The van der Waals surface area contributed by atoms with Crippen LogP contribution < -0.4 is 0 Å². The van der Waals surface area contributed by atoms with Gasteiger partial charge in [-0.05, 0) is 30.3 Å². The first-order chi connectivity index (χ1) is 9.16. The first-order valence-electron chi connectivity index (χ1n) is 5.59. The predicted molar refractivity (Wildman–Crippen MR) is 69.9 cm³/mol. The smallest absolute Gasteiger partial charge is 0.328 e. The van der Waals surface area contributed by atoms with Crippen molar-refractivity contribution < 1.29 is 18.7 Å². The molecule has 96 valence electrons. The Bertz CT molecular complexity index is 638. The van der Waals surface area contributed by atoms with Crippen LogP contribution in [0.3, 0.4) is 0 Å². The first kappa shape index (κ1) is 12.8. The van der Waals surface area contributed by atoms with Gasteiger partial charge in [-0.1, -0.05) is 24.3 Å². The molecule has 19 heavy (non-hydrogen) atoms. The maximum atomic E-state index is 13.5. The molecule has 0 saturated heterocycles. The highest BCUT2D eigenvalue weighted by Crippen LogP contribution is 2.25. The molecule has 0 radical (unpaired) electrons. The zero-order valence-corrected chi connectivity index (χ0v) is 9.92. The predicted octanol–water partition coefficient (Wildman–Crippen LogP) is 3.74. The van der Waals surface area contributed by atoms with Crippen molar-refractivity contribution in [3.63, 3.8) is 0 Å². The van der Waals surface area contributed by atoms with Crippen LogP contribution in [0.2, 0.25) is 0 Å². The van der Waals surface area contributed by atoms with Gasteiger partial charge in [-0.25, -0.2) is 9.18 Å². The Morgan fingerprint density at radius 2 is 1.95 bits per heavy atom. The van der Waals surface area contributed by atoms with Crippen molar-refractivity contribution >= 4 is 12.0 Å². The van der Waals surface area contributed by atoms with Crippen LogP contribution in [0.4, 0.5) is 4.39 Å². The minimum atomic E-state index is -1.02. The third-order valence-electron chi connectivity index (χ3n) is 2.38. The lowest BCUT2D eigenvalue weighted by Gasteiger charge is -1.97. The number of hydrogen-bond donors (Lipinski definition) is 1. The van der Waals surface area contributed by atoms with Crippen molar-refractivity contribution in [2.24, 2.45) is 0 Å². The molecule has 1 aromatic carbocycles. The van der Waals surface area contributed by atoms with E-state index in [0.29, 0.717) is 17.1 Å². The average Bonchev–Trinajstić information content (AvgIpc) is 2.83. The summed E-state index contributed by atoms with van der Waals surface area (Å²) in [7, 11) is 0. The first-order valence-corrected chi connectivity index (χ1v) is 5.59. The fourth-order valence-corrected chi connectivity index (χ4v) is 1.54. The molecule has 0 aliphatic rings. The van der Waals surface area contributed by atoms with Crippen molar-refractivity contribution in [1.29, 1.82) is 0 Å². The molecule has 2 rings (SSSR count). The minimum Gasteiger partial charge on any atom is -0.478 e. The summed E-state index contributed by atoms with van der Waals surface area (Å²) in [5.41, 5.74) is 0.392. The standard InChI is InChI=1S/C15H11FO3/c16-13-7-3-2-6-12(13)14-10-9-11(19-14)5-1-4-8-15(17)18/h1-10H,(H,17,18). The molecule has 0 fully saturated rings. The molecule has 1 heterocycles. The lowest BCUT2D eigenvalue weighted by molar-refractivity contribution is -0.131. The molecule has 3 nitrogen and oxygen atoms in total. The van der Waals surface area contributed by atoms with E-state index in [9.17, 15) is 9.18 Å². The van der Waals surface area contributed by atoms with E-state index in [1.165, 1.54) is 18.2 Å². The molecule has 1 N–H and O–H groups in total. The van der Waals surface area contributed by atoms with E-state index < -0.39 is 5.97 Å². The van der Waals surface area contributed by atoms with Crippen LogP contribution >= 0.6 is 0 Å². The molecule has 2 aromatic rings. The van der Waals surface area contributed by atoms with E-state index in [2.05, 4.69) is 0 Å². The third-order valence-corrected chi connectivity index (χ3v) is 2.38. The summed E-state index contributed by atoms with van der Waals surface area (Å²) in [5, 5.41) is 8.41. The molecule has 0 saturated carbocycles. The summed E-state index contributed by atoms with van der Waals surface area (Å²) >= 11 is 0. The summed E-state index contributed by atoms with van der Waals surface area (Å²) in [6.45, 7) is 0. The van der Waals surface area contributed by atoms with Gasteiger partial charge in [0.1, 0.15) is 17.3 Å². The molecule has 0 aliphatic carbocycles. The van der Waals surface area contributed by atoms with Crippen LogP contribution in [0.5, 0.6) is 0 Å². The number of carboxylic acid groups (broad SMARTS) is 1. The minimum absolute atomic E-state index is 0.349. The maximum absolute atomic E-state index is 13.5. The average molecular weight is 258 g/mol. The van der Waals surface area contributed by atoms with Crippen LogP contribution in [0, 0.1) is 5.82 Å². The number of rotatable bonds is 4. The van der Waals surface area contributed by atoms with Crippen LogP contribution in [0.1, 0.15) is 5.76 Å².